The molecule has 40 heavy (non-hydrogen) atoms. The lowest BCUT2D eigenvalue weighted by molar-refractivity contribution is -0.115. The largest absolute Gasteiger partial charge is 0.495 e. The summed E-state index contributed by atoms with van der Waals surface area (Å²) in [6.45, 7) is 3.12. The Labute approximate surface area is 235 Å². The van der Waals surface area contributed by atoms with Crippen LogP contribution >= 0.6 is 11.8 Å². The molecule has 0 spiro atoms. The number of nitrogens with one attached hydrogen (secondary N) is 2. The third-order valence-electron chi connectivity index (χ3n) is 7.04. The van der Waals surface area contributed by atoms with Gasteiger partial charge in [0.25, 0.3) is 11.1 Å². The molecule has 204 valence electrons. The molecule has 2 aliphatic heterocycles. The number of ether oxygens (including phenoxy) is 1. The molecule has 4 aromatic rings. The van der Waals surface area contributed by atoms with Crippen LogP contribution in [0.25, 0.3) is 28.5 Å². The minimum atomic E-state index is -0.391. The Balaban J connectivity index is 1.04. The van der Waals surface area contributed by atoms with Crippen molar-refractivity contribution < 1.29 is 18.7 Å². The number of imide groups is 1. The van der Waals surface area contributed by atoms with Gasteiger partial charge in [-0.05, 0) is 73.5 Å². The lowest BCUT2D eigenvalue weighted by Crippen LogP contribution is -2.38. The first-order valence-electron chi connectivity index (χ1n) is 13.1. The number of fused-ring (bicyclic) bond motifs is 1. The number of anilines is 1. The number of para-hydroxylation sites is 1. The van der Waals surface area contributed by atoms with Crippen molar-refractivity contribution >= 4 is 45.9 Å². The van der Waals surface area contributed by atoms with Gasteiger partial charge in [0, 0.05) is 31.2 Å². The molecule has 6 rings (SSSR count). The molecule has 2 amide bonds. The van der Waals surface area contributed by atoms with Gasteiger partial charge in [-0.15, -0.1) is 0 Å². The van der Waals surface area contributed by atoms with E-state index in [0.717, 1.165) is 78.1 Å². The van der Waals surface area contributed by atoms with Gasteiger partial charge in [0.05, 0.1) is 23.4 Å². The van der Waals surface area contributed by atoms with E-state index in [0.29, 0.717) is 29.0 Å². The normalized spacial score (nSPS) is 17.1. The van der Waals surface area contributed by atoms with Gasteiger partial charge in [0.15, 0.2) is 5.76 Å². The first kappa shape index (κ1) is 26.0. The van der Waals surface area contributed by atoms with Gasteiger partial charge in [-0.1, -0.05) is 18.2 Å². The van der Waals surface area contributed by atoms with Crippen LogP contribution in [-0.2, 0) is 11.3 Å². The average Bonchev–Trinajstić information content (AvgIpc) is 3.55. The van der Waals surface area contributed by atoms with Crippen LogP contribution in [0.15, 0.2) is 64.1 Å². The van der Waals surface area contributed by atoms with Gasteiger partial charge in [0.1, 0.15) is 17.0 Å². The van der Waals surface area contributed by atoms with Crippen molar-refractivity contribution in [2.24, 2.45) is 5.92 Å². The maximum atomic E-state index is 11.8. The summed E-state index contributed by atoms with van der Waals surface area (Å²) in [6.07, 6.45) is 5.30. The van der Waals surface area contributed by atoms with E-state index in [4.69, 9.17) is 14.1 Å². The topological polar surface area (TPSA) is 122 Å². The van der Waals surface area contributed by atoms with Gasteiger partial charge in [-0.25, -0.2) is 15.0 Å². The van der Waals surface area contributed by atoms with Crippen molar-refractivity contribution in [2.75, 3.05) is 31.6 Å². The third kappa shape index (κ3) is 5.70. The Bertz CT molecular complexity index is 1560. The van der Waals surface area contributed by atoms with Crippen LogP contribution in [0, 0.1) is 5.92 Å². The van der Waals surface area contributed by atoms with Crippen LogP contribution in [-0.4, -0.2) is 52.8 Å². The number of benzene rings is 1. The fourth-order valence-electron chi connectivity index (χ4n) is 4.93. The Kier molecular flexibility index (Phi) is 7.47. The van der Waals surface area contributed by atoms with Crippen molar-refractivity contribution in [1.82, 2.24) is 25.6 Å². The molecule has 0 bridgehead atoms. The number of thioether (sulfide) groups is 1. The molecule has 0 radical (unpaired) electrons. The zero-order valence-electron chi connectivity index (χ0n) is 21.9. The minimum Gasteiger partial charge on any atom is -0.495 e. The summed E-state index contributed by atoms with van der Waals surface area (Å²) in [5.74, 6) is 2.23. The first-order chi connectivity index (χ1) is 19.6. The van der Waals surface area contributed by atoms with Crippen molar-refractivity contribution in [3.63, 3.8) is 0 Å². The van der Waals surface area contributed by atoms with E-state index in [1.54, 1.807) is 25.4 Å². The standard InChI is InChI=1S/C29H28N6O4S/c1-38-24-7-6-21(25-14-19-4-2-3-5-23(19)39-25)33-22(24)17-30-16-18-9-12-35(13-10-18)28-31-11-8-20(32-28)15-26-27(36)34-29(37)40-26/h2-8,11,14-15,18,30H,9-10,12-13,16-17H2,1H3,(H,34,36,37). The van der Waals surface area contributed by atoms with E-state index in [1.165, 1.54) is 0 Å². The molecule has 0 unspecified atom stereocenters. The number of pyridine rings is 1. The van der Waals surface area contributed by atoms with Crippen LogP contribution < -0.4 is 20.3 Å². The number of rotatable bonds is 8. The molecule has 2 aliphatic rings. The van der Waals surface area contributed by atoms with E-state index in [-0.39, 0.29) is 5.24 Å². The second-order valence-corrected chi connectivity index (χ2v) is 10.7. The summed E-state index contributed by atoms with van der Waals surface area (Å²) in [5, 5.41) is 6.51. The number of methoxy groups -OCH3 is 1. The molecule has 2 saturated heterocycles. The fourth-order valence-corrected chi connectivity index (χ4v) is 5.60. The fraction of sp³-hybridized carbons (Fsp3) is 0.276. The summed E-state index contributed by atoms with van der Waals surface area (Å²) >= 11 is 0.882. The van der Waals surface area contributed by atoms with Crippen LogP contribution in [0.2, 0.25) is 0 Å². The summed E-state index contributed by atoms with van der Waals surface area (Å²) in [5.41, 5.74) is 3.06. The maximum Gasteiger partial charge on any atom is 0.290 e. The summed E-state index contributed by atoms with van der Waals surface area (Å²) in [7, 11) is 1.66. The van der Waals surface area contributed by atoms with Crippen LogP contribution in [0.3, 0.4) is 0 Å². The molecule has 3 aromatic heterocycles. The van der Waals surface area contributed by atoms with Gasteiger partial charge < -0.3 is 19.4 Å². The molecule has 11 heteroatoms. The highest BCUT2D eigenvalue weighted by Gasteiger charge is 2.26. The first-order valence-corrected chi connectivity index (χ1v) is 13.9. The number of nitrogens with zero attached hydrogens (tertiary/aromatic N) is 4. The highest BCUT2D eigenvalue weighted by atomic mass is 32.2. The zero-order valence-corrected chi connectivity index (χ0v) is 22.7. The number of hydrogen-bond acceptors (Lipinski definition) is 10. The lowest BCUT2D eigenvalue weighted by Gasteiger charge is -2.32. The van der Waals surface area contributed by atoms with Crippen molar-refractivity contribution in [3.8, 4) is 17.2 Å². The Morgan fingerprint density at radius 1 is 1.15 bits per heavy atom. The molecule has 0 saturated carbocycles. The quantitative estimate of drug-likeness (QED) is 0.297. The SMILES string of the molecule is COc1ccc(-c2cc3ccccc3o2)nc1CNCC1CCN(c2nccc(C=C3SC(=O)NC3=O)n2)CC1. The average molecular weight is 557 g/mol. The number of hydrogen-bond donors (Lipinski definition) is 2. The monoisotopic (exact) mass is 556 g/mol. The predicted molar refractivity (Wildman–Crippen MR) is 154 cm³/mol. The van der Waals surface area contributed by atoms with Crippen LogP contribution in [0.5, 0.6) is 5.75 Å². The van der Waals surface area contributed by atoms with E-state index in [9.17, 15) is 9.59 Å². The number of furan rings is 1. The van der Waals surface area contributed by atoms with E-state index in [1.807, 2.05) is 42.5 Å². The van der Waals surface area contributed by atoms with E-state index < -0.39 is 5.91 Å². The smallest absolute Gasteiger partial charge is 0.290 e. The van der Waals surface area contributed by atoms with Crippen LogP contribution in [0.1, 0.15) is 24.2 Å². The number of carbonyl (C=O) groups excluding carboxylic acids is 2. The molecule has 0 aliphatic carbocycles. The number of amides is 2. The minimum absolute atomic E-state index is 0.341. The highest BCUT2D eigenvalue weighted by Crippen LogP contribution is 2.29. The number of aromatic nitrogens is 3. The molecule has 2 N–H and O–H groups in total. The molecular formula is C29H28N6O4S. The lowest BCUT2D eigenvalue weighted by atomic mass is 9.97. The number of piperidine rings is 1. The van der Waals surface area contributed by atoms with Gasteiger partial charge in [-0.2, -0.15) is 0 Å². The van der Waals surface area contributed by atoms with Crippen LogP contribution in [0.4, 0.5) is 10.7 Å². The Hall–Kier alpha value is -4.22. The molecular weight excluding hydrogens is 528 g/mol. The Morgan fingerprint density at radius 2 is 2.00 bits per heavy atom. The number of carbonyl (C=O) groups is 2. The molecule has 0 atom stereocenters. The van der Waals surface area contributed by atoms with E-state index >= 15 is 0 Å². The van der Waals surface area contributed by atoms with Gasteiger partial charge in [-0.3, -0.25) is 14.9 Å². The summed E-state index contributed by atoms with van der Waals surface area (Å²) in [6, 6.07) is 15.5. The van der Waals surface area contributed by atoms with E-state index in [2.05, 4.69) is 25.5 Å². The van der Waals surface area contributed by atoms with Gasteiger partial charge >= 0.3 is 0 Å². The predicted octanol–water partition coefficient (Wildman–Crippen LogP) is 4.62. The third-order valence-corrected chi connectivity index (χ3v) is 7.85. The highest BCUT2D eigenvalue weighted by molar-refractivity contribution is 8.18. The van der Waals surface area contributed by atoms with Crippen molar-refractivity contribution in [1.29, 1.82) is 0 Å². The zero-order chi connectivity index (χ0) is 27.5. The second-order valence-electron chi connectivity index (χ2n) is 9.69. The molecule has 1 aromatic carbocycles. The molecule has 10 nitrogen and oxygen atoms in total. The maximum absolute atomic E-state index is 11.8. The summed E-state index contributed by atoms with van der Waals surface area (Å²) in [4.78, 5) is 39.6. The summed E-state index contributed by atoms with van der Waals surface area (Å²) < 4.78 is 11.6. The van der Waals surface area contributed by atoms with Gasteiger partial charge in [0.2, 0.25) is 5.95 Å². The second kappa shape index (κ2) is 11.5. The van der Waals surface area contributed by atoms with Crippen molar-refractivity contribution in [2.45, 2.75) is 19.4 Å². The van der Waals surface area contributed by atoms with Crippen molar-refractivity contribution in [3.05, 3.63) is 71.0 Å². The Morgan fingerprint density at radius 3 is 2.77 bits per heavy atom. The molecule has 5 heterocycles. The molecule has 2 fully saturated rings.